The highest BCUT2D eigenvalue weighted by Gasteiger charge is 2.28. The number of anilines is 1. The van der Waals surface area contributed by atoms with Gasteiger partial charge in [-0.3, -0.25) is 18.9 Å². The van der Waals surface area contributed by atoms with Crippen molar-refractivity contribution in [2.75, 3.05) is 31.1 Å². The number of imidazole rings is 1. The van der Waals surface area contributed by atoms with Crippen molar-refractivity contribution in [1.29, 1.82) is 0 Å². The van der Waals surface area contributed by atoms with Gasteiger partial charge in [0.25, 0.3) is 5.56 Å². The molecule has 1 aliphatic rings. The maximum absolute atomic E-state index is 12.4. The molecule has 0 saturated carbocycles. The zero-order valence-electron chi connectivity index (χ0n) is 17.4. The topological polar surface area (TPSA) is 105 Å². The Hall–Kier alpha value is -3.22. The van der Waals surface area contributed by atoms with Crippen molar-refractivity contribution in [3.63, 3.8) is 0 Å². The predicted octanol–water partition coefficient (Wildman–Crippen LogP) is 0.504. The van der Waals surface area contributed by atoms with Crippen LogP contribution in [0.15, 0.2) is 9.59 Å². The molecule has 29 heavy (non-hydrogen) atoms. The van der Waals surface area contributed by atoms with Crippen LogP contribution in [-0.2, 0) is 18.3 Å². The maximum Gasteiger partial charge on any atom is 0.410 e. The van der Waals surface area contributed by atoms with E-state index >= 15 is 0 Å². The smallest absolute Gasteiger partial charge is 0.410 e. The van der Waals surface area contributed by atoms with Gasteiger partial charge in [0, 0.05) is 33.2 Å². The van der Waals surface area contributed by atoms with Crippen LogP contribution < -0.4 is 16.1 Å². The number of H-pyrrole nitrogens is 1. The Kier molecular flexibility index (Phi) is 5.42. The monoisotopic (exact) mass is 402 g/mol. The van der Waals surface area contributed by atoms with Gasteiger partial charge in [0.05, 0.1) is 6.54 Å². The number of aromatic nitrogens is 4. The zero-order valence-corrected chi connectivity index (χ0v) is 17.4. The maximum atomic E-state index is 12.4. The van der Waals surface area contributed by atoms with Crippen LogP contribution in [0, 0.1) is 11.8 Å². The largest absolute Gasteiger partial charge is 0.444 e. The molecule has 2 aromatic heterocycles. The number of hydrogen-bond donors (Lipinski definition) is 1. The lowest BCUT2D eigenvalue weighted by molar-refractivity contribution is 0.0240. The number of hydrogen-bond acceptors (Lipinski definition) is 6. The fourth-order valence-electron chi connectivity index (χ4n) is 3.19. The first-order valence-electron chi connectivity index (χ1n) is 9.44. The van der Waals surface area contributed by atoms with Crippen molar-refractivity contribution in [3.05, 3.63) is 20.8 Å². The molecule has 1 fully saturated rings. The van der Waals surface area contributed by atoms with Crippen molar-refractivity contribution in [2.24, 2.45) is 7.05 Å². The van der Waals surface area contributed by atoms with Crippen molar-refractivity contribution < 1.29 is 9.53 Å². The Morgan fingerprint density at radius 1 is 1.21 bits per heavy atom. The minimum Gasteiger partial charge on any atom is -0.444 e. The lowest BCUT2D eigenvalue weighted by Gasteiger charge is -2.36. The van der Waals surface area contributed by atoms with Crippen LogP contribution in [0.2, 0.25) is 0 Å². The van der Waals surface area contributed by atoms with E-state index in [2.05, 4.69) is 21.8 Å². The Balaban J connectivity index is 1.92. The van der Waals surface area contributed by atoms with Crippen LogP contribution in [0.3, 0.4) is 0 Å². The number of piperazine rings is 1. The van der Waals surface area contributed by atoms with Gasteiger partial charge in [0.1, 0.15) is 5.60 Å². The van der Waals surface area contributed by atoms with E-state index in [4.69, 9.17) is 4.74 Å². The van der Waals surface area contributed by atoms with Gasteiger partial charge in [0.2, 0.25) is 5.95 Å². The molecule has 156 valence electrons. The normalized spacial score (nSPS) is 14.7. The molecule has 3 heterocycles. The molecule has 0 aromatic carbocycles. The highest BCUT2D eigenvalue weighted by Crippen LogP contribution is 2.21. The van der Waals surface area contributed by atoms with E-state index in [1.54, 1.807) is 23.4 Å². The molecule has 0 radical (unpaired) electrons. The standard InChI is InChI=1S/C19H26N6O4/c1-6-7-8-25-13-14(22(5)17(27)21-15(13)26)20-16(25)23-9-11-24(12-10-23)18(28)29-19(2,3)4/h8-12H2,1-5H3,(H,21,26,27). The SMILES string of the molecule is CC#CCn1c(N2CCN(C(=O)OC(C)(C)C)CC2)nc2c1c(=O)[nH]c(=O)n2C. The van der Waals surface area contributed by atoms with Gasteiger partial charge < -0.3 is 14.5 Å². The number of carbonyl (C=O) groups is 1. The third-order valence-corrected chi connectivity index (χ3v) is 4.62. The van der Waals surface area contributed by atoms with Crippen molar-refractivity contribution >= 4 is 23.2 Å². The third kappa shape index (κ3) is 4.13. The summed E-state index contributed by atoms with van der Waals surface area (Å²) in [5.41, 5.74) is -0.949. The van der Waals surface area contributed by atoms with Gasteiger partial charge in [0.15, 0.2) is 11.2 Å². The van der Waals surface area contributed by atoms with Crippen LogP contribution in [0.25, 0.3) is 11.2 Å². The number of carbonyl (C=O) groups excluding carboxylic acids is 1. The zero-order chi connectivity index (χ0) is 21.3. The van der Waals surface area contributed by atoms with Crippen LogP contribution in [0.5, 0.6) is 0 Å². The van der Waals surface area contributed by atoms with Crippen molar-refractivity contribution in [2.45, 2.75) is 39.8 Å². The van der Waals surface area contributed by atoms with E-state index in [0.29, 0.717) is 43.3 Å². The molecule has 0 atom stereocenters. The first-order chi connectivity index (χ1) is 13.6. The number of fused-ring (bicyclic) bond motifs is 1. The van der Waals surface area contributed by atoms with E-state index in [1.807, 2.05) is 25.7 Å². The van der Waals surface area contributed by atoms with Crippen molar-refractivity contribution in [1.82, 2.24) is 24.0 Å². The first-order valence-corrected chi connectivity index (χ1v) is 9.44. The third-order valence-electron chi connectivity index (χ3n) is 4.62. The number of aromatic amines is 1. The molecule has 10 nitrogen and oxygen atoms in total. The second kappa shape index (κ2) is 7.66. The number of amides is 1. The minimum absolute atomic E-state index is 0.274. The summed E-state index contributed by atoms with van der Waals surface area (Å²) < 4.78 is 8.46. The highest BCUT2D eigenvalue weighted by atomic mass is 16.6. The van der Waals surface area contributed by atoms with E-state index in [1.165, 1.54) is 4.57 Å². The predicted molar refractivity (Wildman–Crippen MR) is 109 cm³/mol. The Morgan fingerprint density at radius 2 is 1.86 bits per heavy atom. The molecule has 0 spiro atoms. The summed E-state index contributed by atoms with van der Waals surface area (Å²) in [5.74, 6) is 6.33. The van der Waals surface area contributed by atoms with Gasteiger partial charge in [-0.15, -0.1) is 5.92 Å². The van der Waals surface area contributed by atoms with E-state index in [9.17, 15) is 14.4 Å². The number of aryl methyl sites for hydroxylation is 1. The highest BCUT2D eigenvalue weighted by molar-refractivity contribution is 5.75. The fraction of sp³-hybridized carbons (Fsp3) is 0.579. The molecule has 1 aliphatic heterocycles. The van der Waals surface area contributed by atoms with E-state index < -0.39 is 16.9 Å². The molecule has 0 bridgehead atoms. The molecule has 1 saturated heterocycles. The number of rotatable bonds is 2. The number of nitrogens with one attached hydrogen (secondary N) is 1. The molecule has 0 aliphatic carbocycles. The van der Waals surface area contributed by atoms with Crippen LogP contribution in [0.4, 0.5) is 10.7 Å². The molecule has 0 unspecified atom stereocenters. The van der Waals surface area contributed by atoms with Crippen molar-refractivity contribution in [3.8, 4) is 11.8 Å². The van der Waals surface area contributed by atoms with Gasteiger partial charge in [-0.2, -0.15) is 4.98 Å². The van der Waals surface area contributed by atoms with Gasteiger partial charge in [-0.25, -0.2) is 9.59 Å². The van der Waals surface area contributed by atoms with Gasteiger partial charge in [-0.05, 0) is 27.7 Å². The van der Waals surface area contributed by atoms with Crippen LogP contribution >= 0.6 is 0 Å². The summed E-state index contributed by atoms with van der Waals surface area (Å²) in [4.78, 5) is 47.2. The lowest BCUT2D eigenvalue weighted by Crippen LogP contribution is -2.50. The lowest BCUT2D eigenvalue weighted by atomic mass is 10.2. The van der Waals surface area contributed by atoms with Gasteiger partial charge in [-0.1, -0.05) is 5.92 Å². The average Bonchev–Trinajstić information content (AvgIpc) is 3.03. The second-order valence-corrected chi connectivity index (χ2v) is 7.87. The summed E-state index contributed by atoms with van der Waals surface area (Å²) in [6.45, 7) is 9.47. The summed E-state index contributed by atoms with van der Waals surface area (Å²) >= 11 is 0. The molecule has 3 rings (SSSR count). The minimum atomic E-state index is -0.549. The molecule has 10 heteroatoms. The summed E-state index contributed by atoms with van der Waals surface area (Å²) in [7, 11) is 1.56. The Bertz CT molecular complexity index is 1100. The van der Waals surface area contributed by atoms with E-state index in [-0.39, 0.29) is 12.6 Å². The summed E-state index contributed by atoms with van der Waals surface area (Å²) in [6, 6.07) is 0. The number of ether oxygens (including phenoxy) is 1. The summed E-state index contributed by atoms with van der Waals surface area (Å²) in [6.07, 6.45) is -0.346. The molecular weight excluding hydrogens is 376 g/mol. The number of nitrogens with zero attached hydrogens (tertiary/aromatic N) is 5. The Morgan fingerprint density at radius 3 is 2.45 bits per heavy atom. The average molecular weight is 402 g/mol. The van der Waals surface area contributed by atoms with Gasteiger partial charge >= 0.3 is 11.8 Å². The summed E-state index contributed by atoms with van der Waals surface area (Å²) in [5, 5.41) is 0. The van der Waals surface area contributed by atoms with Crippen LogP contribution in [-0.4, -0.2) is 61.9 Å². The molecule has 1 N–H and O–H groups in total. The second-order valence-electron chi connectivity index (χ2n) is 7.87. The fourth-order valence-corrected chi connectivity index (χ4v) is 3.19. The first kappa shape index (κ1) is 20.5. The Labute approximate surface area is 168 Å². The molecular formula is C19H26N6O4. The van der Waals surface area contributed by atoms with Crippen LogP contribution in [0.1, 0.15) is 27.7 Å². The quantitative estimate of drug-likeness (QED) is 0.734. The molecule has 1 amide bonds. The van der Waals surface area contributed by atoms with E-state index in [0.717, 1.165) is 0 Å². The molecule has 2 aromatic rings.